The lowest BCUT2D eigenvalue weighted by Gasteiger charge is -2.15. The third-order valence-corrected chi connectivity index (χ3v) is 3.45. The van der Waals surface area contributed by atoms with Crippen LogP contribution in [0.1, 0.15) is 18.4 Å². The molecule has 0 radical (unpaired) electrons. The van der Waals surface area contributed by atoms with Crippen molar-refractivity contribution in [3.63, 3.8) is 0 Å². The molecule has 1 N–H and O–H groups in total. The summed E-state index contributed by atoms with van der Waals surface area (Å²) in [6.45, 7) is 2.18. The van der Waals surface area contributed by atoms with Gasteiger partial charge in [0.25, 0.3) is 0 Å². The first-order chi connectivity index (χ1) is 9.90. The second-order valence-electron chi connectivity index (χ2n) is 5.04. The summed E-state index contributed by atoms with van der Waals surface area (Å²) in [6, 6.07) is 18.2. The third-order valence-electron chi connectivity index (χ3n) is 3.45. The molecule has 0 bridgehead atoms. The highest BCUT2D eigenvalue weighted by Crippen LogP contribution is 2.23. The number of rotatable bonds is 3. The molecule has 0 spiro atoms. The van der Waals surface area contributed by atoms with Gasteiger partial charge >= 0.3 is 0 Å². The number of para-hydroxylation sites is 1. The number of hydrogen-bond donors (Lipinski definition) is 1. The number of piperidine rings is 1. The van der Waals surface area contributed by atoms with Gasteiger partial charge in [-0.15, -0.1) is 0 Å². The van der Waals surface area contributed by atoms with Crippen LogP contribution in [0.25, 0.3) is 6.08 Å². The van der Waals surface area contributed by atoms with Gasteiger partial charge in [-0.25, -0.2) is 0 Å². The molecule has 2 aromatic carbocycles. The molecule has 2 heteroatoms. The molecule has 0 unspecified atom stereocenters. The van der Waals surface area contributed by atoms with E-state index in [2.05, 4.69) is 23.5 Å². The van der Waals surface area contributed by atoms with Gasteiger partial charge < -0.3 is 10.1 Å². The minimum absolute atomic E-state index is 0.874. The molecular weight excluding hydrogens is 246 g/mol. The molecule has 3 rings (SSSR count). The van der Waals surface area contributed by atoms with Crippen molar-refractivity contribution in [2.45, 2.75) is 12.8 Å². The number of nitrogens with one attached hydrogen (secondary N) is 1. The highest BCUT2D eigenvalue weighted by atomic mass is 16.5. The zero-order valence-electron chi connectivity index (χ0n) is 11.5. The van der Waals surface area contributed by atoms with Crippen LogP contribution in [0.5, 0.6) is 11.5 Å². The molecule has 1 heterocycles. The summed E-state index contributed by atoms with van der Waals surface area (Å²) in [5, 5.41) is 3.38. The molecule has 0 amide bonds. The molecule has 2 nitrogen and oxygen atoms in total. The number of benzene rings is 2. The SMILES string of the molecule is C(=C1CCNCC1)c1cccc(Oc2ccccc2)c1. The normalized spacial score (nSPS) is 14.9. The Hall–Kier alpha value is -2.06. The van der Waals surface area contributed by atoms with E-state index in [-0.39, 0.29) is 0 Å². The maximum Gasteiger partial charge on any atom is 0.128 e. The highest BCUT2D eigenvalue weighted by molar-refractivity contribution is 5.55. The standard InChI is InChI=1S/C18H19NO/c1-2-6-17(7-3-1)20-18-8-4-5-16(14-18)13-15-9-11-19-12-10-15/h1-8,13-14,19H,9-12H2. The molecule has 20 heavy (non-hydrogen) atoms. The largest absolute Gasteiger partial charge is 0.457 e. The molecule has 0 aliphatic carbocycles. The van der Waals surface area contributed by atoms with Gasteiger partial charge in [0.15, 0.2) is 0 Å². The van der Waals surface area contributed by atoms with E-state index in [1.807, 2.05) is 42.5 Å². The molecule has 102 valence electrons. The van der Waals surface area contributed by atoms with Crippen LogP contribution in [0, 0.1) is 0 Å². The van der Waals surface area contributed by atoms with Crippen LogP contribution in [-0.2, 0) is 0 Å². The van der Waals surface area contributed by atoms with Gasteiger partial charge in [-0.1, -0.05) is 42.0 Å². The molecule has 0 aromatic heterocycles. The highest BCUT2D eigenvalue weighted by Gasteiger charge is 2.04. The lowest BCUT2D eigenvalue weighted by atomic mass is 10.0. The van der Waals surface area contributed by atoms with E-state index in [0.717, 1.165) is 37.4 Å². The molecule has 2 aromatic rings. The average molecular weight is 265 g/mol. The van der Waals surface area contributed by atoms with Crippen LogP contribution in [0.4, 0.5) is 0 Å². The Bertz CT molecular complexity index is 581. The Kier molecular flexibility index (Phi) is 4.14. The van der Waals surface area contributed by atoms with E-state index < -0.39 is 0 Å². The minimum atomic E-state index is 0.874. The first-order valence-corrected chi connectivity index (χ1v) is 7.13. The summed E-state index contributed by atoms with van der Waals surface area (Å²) in [7, 11) is 0. The Balaban J connectivity index is 1.75. The Labute approximate surface area is 120 Å². The second-order valence-corrected chi connectivity index (χ2v) is 5.04. The van der Waals surface area contributed by atoms with Crippen molar-refractivity contribution < 1.29 is 4.74 Å². The van der Waals surface area contributed by atoms with Crippen LogP contribution in [0.15, 0.2) is 60.2 Å². The predicted octanol–water partition coefficient (Wildman–Crippen LogP) is 4.25. The van der Waals surface area contributed by atoms with E-state index >= 15 is 0 Å². The topological polar surface area (TPSA) is 21.3 Å². The lowest BCUT2D eigenvalue weighted by Crippen LogP contribution is -2.22. The summed E-state index contributed by atoms with van der Waals surface area (Å²) in [4.78, 5) is 0. The fraction of sp³-hybridized carbons (Fsp3) is 0.222. The van der Waals surface area contributed by atoms with Crippen molar-refractivity contribution >= 4 is 6.08 Å². The quantitative estimate of drug-likeness (QED) is 0.896. The van der Waals surface area contributed by atoms with Crippen molar-refractivity contribution in [2.75, 3.05) is 13.1 Å². The lowest BCUT2D eigenvalue weighted by molar-refractivity contribution is 0.482. The summed E-state index contributed by atoms with van der Waals surface area (Å²) in [5.41, 5.74) is 2.73. The summed E-state index contributed by atoms with van der Waals surface area (Å²) < 4.78 is 5.87. The zero-order chi connectivity index (χ0) is 13.6. The van der Waals surface area contributed by atoms with Gasteiger partial charge in [-0.3, -0.25) is 0 Å². The summed E-state index contributed by atoms with van der Waals surface area (Å²) >= 11 is 0. The van der Waals surface area contributed by atoms with Crippen molar-refractivity contribution in [3.8, 4) is 11.5 Å². The second kappa shape index (κ2) is 6.40. The Morgan fingerprint density at radius 2 is 1.60 bits per heavy atom. The van der Waals surface area contributed by atoms with Gasteiger partial charge in [0.2, 0.25) is 0 Å². The zero-order valence-corrected chi connectivity index (χ0v) is 11.5. The summed E-state index contributed by atoms with van der Waals surface area (Å²) in [6.07, 6.45) is 4.58. The Morgan fingerprint density at radius 3 is 2.40 bits per heavy atom. The average Bonchev–Trinajstić information content (AvgIpc) is 2.50. The Morgan fingerprint density at radius 1 is 0.850 bits per heavy atom. The van der Waals surface area contributed by atoms with Crippen LogP contribution in [0.2, 0.25) is 0 Å². The van der Waals surface area contributed by atoms with Gasteiger partial charge in [0.05, 0.1) is 0 Å². The van der Waals surface area contributed by atoms with E-state index in [0.29, 0.717) is 0 Å². The molecule has 1 aliphatic heterocycles. The van der Waals surface area contributed by atoms with E-state index in [4.69, 9.17) is 4.74 Å². The first kappa shape index (κ1) is 12.9. The van der Waals surface area contributed by atoms with Crippen molar-refractivity contribution in [3.05, 3.63) is 65.7 Å². The van der Waals surface area contributed by atoms with E-state index in [1.54, 1.807) is 0 Å². The van der Waals surface area contributed by atoms with Crippen molar-refractivity contribution in [1.29, 1.82) is 0 Å². The monoisotopic (exact) mass is 265 g/mol. The fourth-order valence-corrected chi connectivity index (χ4v) is 2.42. The molecule has 1 fully saturated rings. The summed E-state index contributed by atoms with van der Waals surface area (Å²) in [5.74, 6) is 1.76. The molecule has 0 atom stereocenters. The maximum absolute atomic E-state index is 5.87. The predicted molar refractivity (Wildman–Crippen MR) is 83.0 cm³/mol. The number of hydrogen-bond acceptors (Lipinski definition) is 2. The number of ether oxygens (including phenoxy) is 1. The minimum Gasteiger partial charge on any atom is -0.457 e. The first-order valence-electron chi connectivity index (χ1n) is 7.13. The van der Waals surface area contributed by atoms with Crippen LogP contribution < -0.4 is 10.1 Å². The molecule has 1 saturated heterocycles. The van der Waals surface area contributed by atoms with E-state index in [1.165, 1.54) is 11.1 Å². The van der Waals surface area contributed by atoms with Gasteiger partial charge in [-0.05, 0) is 55.8 Å². The van der Waals surface area contributed by atoms with Crippen molar-refractivity contribution in [2.24, 2.45) is 0 Å². The third kappa shape index (κ3) is 3.49. The molecule has 1 aliphatic rings. The van der Waals surface area contributed by atoms with Crippen LogP contribution in [0.3, 0.4) is 0 Å². The van der Waals surface area contributed by atoms with Crippen LogP contribution in [-0.4, -0.2) is 13.1 Å². The van der Waals surface area contributed by atoms with Crippen molar-refractivity contribution in [1.82, 2.24) is 5.32 Å². The molecule has 0 saturated carbocycles. The van der Waals surface area contributed by atoms with Crippen LogP contribution >= 0.6 is 0 Å². The van der Waals surface area contributed by atoms with E-state index in [9.17, 15) is 0 Å². The molecular formula is C18H19NO. The maximum atomic E-state index is 5.87. The smallest absolute Gasteiger partial charge is 0.128 e. The fourth-order valence-electron chi connectivity index (χ4n) is 2.42. The van der Waals surface area contributed by atoms with Gasteiger partial charge in [0, 0.05) is 0 Å². The van der Waals surface area contributed by atoms with Gasteiger partial charge in [-0.2, -0.15) is 0 Å². The van der Waals surface area contributed by atoms with Gasteiger partial charge in [0.1, 0.15) is 11.5 Å².